The zero-order valence-electron chi connectivity index (χ0n) is 15.2. The molecule has 0 radical (unpaired) electrons. The third kappa shape index (κ3) is 5.07. The van der Waals surface area contributed by atoms with Gasteiger partial charge in [-0.05, 0) is 24.5 Å². The SMILES string of the molecule is CCCC(=O)O/N=C(/CC)C(=O)c1ccc(-c2ccccc2[N+](=O)[O-])cc1. The van der Waals surface area contributed by atoms with Gasteiger partial charge in [0.15, 0.2) is 0 Å². The highest BCUT2D eigenvalue weighted by molar-refractivity contribution is 6.45. The molecule has 2 aromatic carbocycles. The Morgan fingerprint density at radius 3 is 2.33 bits per heavy atom. The van der Waals surface area contributed by atoms with E-state index in [4.69, 9.17) is 4.84 Å². The monoisotopic (exact) mass is 368 g/mol. The average molecular weight is 368 g/mol. The van der Waals surface area contributed by atoms with Gasteiger partial charge in [0.25, 0.3) is 5.69 Å². The molecule has 0 spiro atoms. The van der Waals surface area contributed by atoms with Gasteiger partial charge in [-0.15, -0.1) is 0 Å². The van der Waals surface area contributed by atoms with Crippen molar-refractivity contribution in [3.05, 3.63) is 64.2 Å². The molecule has 0 aliphatic rings. The topological polar surface area (TPSA) is 98.9 Å². The number of ketones is 1. The lowest BCUT2D eigenvalue weighted by Crippen LogP contribution is -2.15. The van der Waals surface area contributed by atoms with Gasteiger partial charge < -0.3 is 4.84 Å². The van der Waals surface area contributed by atoms with Crippen LogP contribution < -0.4 is 0 Å². The number of rotatable bonds is 8. The molecule has 2 aromatic rings. The van der Waals surface area contributed by atoms with Crippen molar-refractivity contribution in [2.24, 2.45) is 5.16 Å². The molecule has 0 aliphatic heterocycles. The van der Waals surface area contributed by atoms with Crippen LogP contribution in [-0.4, -0.2) is 22.4 Å². The third-order valence-electron chi connectivity index (χ3n) is 3.87. The number of benzene rings is 2. The smallest absolute Gasteiger partial charge is 0.318 e. The first-order chi connectivity index (χ1) is 13.0. The van der Waals surface area contributed by atoms with E-state index in [9.17, 15) is 19.7 Å². The summed E-state index contributed by atoms with van der Waals surface area (Å²) in [6.45, 7) is 3.58. The lowest BCUT2D eigenvalue weighted by Gasteiger charge is -2.06. The van der Waals surface area contributed by atoms with Crippen molar-refractivity contribution in [3.63, 3.8) is 0 Å². The summed E-state index contributed by atoms with van der Waals surface area (Å²) in [4.78, 5) is 39.4. The number of Topliss-reactive ketones (excluding diaryl/α,β-unsaturated/α-hetero) is 1. The minimum atomic E-state index is -0.483. The molecule has 0 N–H and O–H groups in total. The summed E-state index contributed by atoms with van der Waals surface area (Å²) >= 11 is 0. The van der Waals surface area contributed by atoms with Crippen LogP contribution in [0.3, 0.4) is 0 Å². The van der Waals surface area contributed by atoms with E-state index in [0.29, 0.717) is 29.5 Å². The Morgan fingerprint density at radius 1 is 1.07 bits per heavy atom. The number of carbonyl (C=O) groups is 2. The van der Waals surface area contributed by atoms with Gasteiger partial charge in [0.1, 0.15) is 5.71 Å². The Balaban J connectivity index is 2.23. The number of carbonyl (C=O) groups excluding carboxylic acids is 2. The van der Waals surface area contributed by atoms with Crippen LogP contribution in [0.1, 0.15) is 43.5 Å². The fraction of sp³-hybridized carbons (Fsp3) is 0.250. The van der Waals surface area contributed by atoms with E-state index >= 15 is 0 Å². The number of para-hydroxylation sites is 1. The van der Waals surface area contributed by atoms with Gasteiger partial charge in [-0.3, -0.25) is 14.9 Å². The van der Waals surface area contributed by atoms with E-state index in [1.54, 1.807) is 49.4 Å². The molecule has 2 rings (SSSR count). The number of oxime groups is 1. The van der Waals surface area contributed by atoms with E-state index in [1.165, 1.54) is 6.07 Å². The molecule has 0 aliphatic carbocycles. The maximum absolute atomic E-state index is 12.5. The lowest BCUT2D eigenvalue weighted by atomic mass is 9.99. The Hall–Kier alpha value is -3.35. The van der Waals surface area contributed by atoms with E-state index in [0.717, 1.165) is 0 Å². The molecule has 0 saturated carbocycles. The maximum atomic E-state index is 12.5. The summed E-state index contributed by atoms with van der Waals surface area (Å²) in [6.07, 6.45) is 1.18. The summed E-state index contributed by atoms with van der Waals surface area (Å²) in [7, 11) is 0. The van der Waals surface area contributed by atoms with Crippen LogP contribution in [0.2, 0.25) is 0 Å². The number of nitro groups is 1. The summed E-state index contributed by atoms with van der Waals surface area (Å²) < 4.78 is 0. The molecule has 0 bridgehead atoms. The van der Waals surface area contributed by atoms with E-state index in [2.05, 4.69) is 5.16 Å². The Kier molecular flexibility index (Phi) is 6.93. The van der Waals surface area contributed by atoms with E-state index < -0.39 is 10.9 Å². The van der Waals surface area contributed by atoms with Crippen molar-refractivity contribution in [1.29, 1.82) is 0 Å². The van der Waals surface area contributed by atoms with Crippen molar-refractivity contribution in [1.82, 2.24) is 0 Å². The fourth-order valence-corrected chi connectivity index (χ4v) is 2.47. The van der Waals surface area contributed by atoms with Crippen molar-refractivity contribution in [3.8, 4) is 11.1 Å². The molecule has 0 fully saturated rings. The van der Waals surface area contributed by atoms with Crippen LogP contribution in [0.5, 0.6) is 0 Å². The first-order valence-corrected chi connectivity index (χ1v) is 8.63. The molecule has 7 nitrogen and oxygen atoms in total. The molecule has 0 unspecified atom stereocenters. The van der Waals surface area contributed by atoms with Crippen LogP contribution >= 0.6 is 0 Å². The second kappa shape index (κ2) is 9.38. The predicted molar refractivity (Wildman–Crippen MR) is 102 cm³/mol. The zero-order valence-corrected chi connectivity index (χ0v) is 15.2. The van der Waals surface area contributed by atoms with Crippen LogP contribution in [-0.2, 0) is 9.63 Å². The average Bonchev–Trinajstić information content (AvgIpc) is 2.68. The molecule has 0 heterocycles. The molecule has 27 heavy (non-hydrogen) atoms. The molecule has 0 amide bonds. The molecule has 7 heteroatoms. The quantitative estimate of drug-likeness (QED) is 0.224. The van der Waals surface area contributed by atoms with Gasteiger partial charge in [-0.1, -0.05) is 55.4 Å². The van der Waals surface area contributed by atoms with Crippen LogP contribution in [0.4, 0.5) is 5.69 Å². The highest BCUT2D eigenvalue weighted by atomic mass is 16.7. The van der Waals surface area contributed by atoms with Crippen molar-refractivity contribution < 1.29 is 19.3 Å². The molecular weight excluding hydrogens is 348 g/mol. The minimum absolute atomic E-state index is 0.00442. The number of hydrogen-bond donors (Lipinski definition) is 0. The number of nitro benzene ring substituents is 1. The van der Waals surface area contributed by atoms with E-state index in [1.807, 2.05) is 6.92 Å². The molecule has 0 saturated heterocycles. The summed E-state index contributed by atoms with van der Waals surface area (Å²) in [5, 5.41) is 14.8. The standard InChI is InChI=1S/C20H20N2O5/c1-3-7-19(23)27-21-17(4-2)20(24)15-12-10-14(11-13-15)16-8-5-6-9-18(16)22(25)26/h5-6,8-13H,3-4,7H2,1-2H3/b21-17-. The van der Waals surface area contributed by atoms with Gasteiger partial charge >= 0.3 is 5.97 Å². The molecular formula is C20H20N2O5. The second-order valence-corrected chi connectivity index (χ2v) is 5.79. The van der Waals surface area contributed by atoms with Gasteiger partial charge in [0, 0.05) is 18.1 Å². The maximum Gasteiger partial charge on any atom is 0.335 e. The van der Waals surface area contributed by atoms with E-state index in [-0.39, 0.29) is 23.6 Å². The molecule has 0 aromatic heterocycles. The zero-order chi connectivity index (χ0) is 19.8. The Morgan fingerprint density at radius 2 is 1.74 bits per heavy atom. The Bertz CT molecular complexity index is 872. The number of hydrogen-bond acceptors (Lipinski definition) is 6. The van der Waals surface area contributed by atoms with Gasteiger partial charge in [-0.2, -0.15) is 0 Å². The van der Waals surface area contributed by atoms with Crippen LogP contribution in [0, 0.1) is 10.1 Å². The summed E-state index contributed by atoms with van der Waals surface area (Å²) in [6, 6.07) is 12.8. The van der Waals surface area contributed by atoms with Gasteiger partial charge in [-0.25, -0.2) is 4.79 Å². The third-order valence-corrected chi connectivity index (χ3v) is 3.87. The number of nitrogens with zero attached hydrogens (tertiary/aromatic N) is 2. The highest BCUT2D eigenvalue weighted by Crippen LogP contribution is 2.29. The van der Waals surface area contributed by atoms with Crippen molar-refractivity contribution in [2.45, 2.75) is 33.1 Å². The van der Waals surface area contributed by atoms with Crippen LogP contribution in [0.15, 0.2) is 53.7 Å². The normalized spacial score (nSPS) is 11.1. The summed E-state index contributed by atoms with van der Waals surface area (Å²) in [5.41, 5.74) is 1.60. The largest absolute Gasteiger partial charge is 0.335 e. The Labute approximate surface area is 156 Å². The van der Waals surface area contributed by atoms with Gasteiger partial charge in [0.05, 0.1) is 10.5 Å². The fourth-order valence-electron chi connectivity index (χ4n) is 2.47. The first kappa shape index (κ1) is 20.0. The highest BCUT2D eigenvalue weighted by Gasteiger charge is 2.17. The predicted octanol–water partition coefficient (Wildman–Crippen LogP) is 4.55. The first-order valence-electron chi connectivity index (χ1n) is 8.63. The molecule has 0 atom stereocenters. The van der Waals surface area contributed by atoms with Crippen molar-refractivity contribution in [2.75, 3.05) is 0 Å². The minimum Gasteiger partial charge on any atom is -0.318 e. The summed E-state index contributed by atoms with van der Waals surface area (Å²) in [5.74, 6) is -0.834. The molecule has 140 valence electrons. The van der Waals surface area contributed by atoms with Crippen molar-refractivity contribution >= 4 is 23.2 Å². The lowest BCUT2D eigenvalue weighted by molar-refractivity contribution is -0.384. The van der Waals surface area contributed by atoms with Gasteiger partial charge in [0.2, 0.25) is 5.78 Å². The second-order valence-electron chi connectivity index (χ2n) is 5.79. The van der Waals surface area contributed by atoms with Crippen LogP contribution in [0.25, 0.3) is 11.1 Å².